The molecule has 2 atom stereocenters. The third-order valence-corrected chi connectivity index (χ3v) is 5.62. The highest BCUT2D eigenvalue weighted by atomic mass is 16.5. The third kappa shape index (κ3) is 5.16. The molecule has 2 aromatic rings. The Kier molecular flexibility index (Phi) is 7.37. The number of benzene rings is 1. The van der Waals surface area contributed by atoms with Gasteiger partial charge in [-0.25, -0.2) is 0 Å². The van der Waals surface area contributed by atoms with E-state index in [0.29, 0.717) is 13.2 Å². The van der Waals surface area contributed by atoms with Crippen LogP contribution in [0.4, 0.5) is 17.1 Å². The van der Waals surface area contributed by atoms with Crippen LogP contribution in [0, 0.1) is 5.92 Å². The summed E-state index contributed by atoms with van der Waals surface area (Å²) in [6, 6.07) is 3.73. The van der Waals surface area contributed by atoms with Crippen molar-refractivity contribution in [2.24, 2.45) is 5.92 Å². The van der Waals surface area contributed by atoms with E-state index < -0.39 is 22.8 Å². The molecule has 0 spiro atoms. The van der Waals surface area contributed by atoms with Crippen molar-refractivity contribution in [3.63, 3.8) is 0 Å². The number of anilines is 3. The molecule has 2 aromatic carbocycles. The maximum Gasteiger partial charge on any atom is 0.257 e. The van der Waals surface area contributed by atoms with Gasteiger partial charge >= 0.3 is 0 Å². The Balaban J connectivity index is 1.78. The van der Waals surface area contributed by atoms with E-state index in [-0.39, 0.29) is 46.3 Å². The molecule has 0 bridgehead atoms. The van der Waals surface area contributed by atoms with Gasteiger partial charge in [0.1, 0.15) is 17.4 Å². The highest BCUT2D eigenvalue weighted by Crippen LogP contribution is 2.32. The van der Waals surface area contributed by atoms with Crippen LogP contribution in [0.15, 0.2) is 27.8 Å². The first-order chi connectivity index (χ1) is 15.6. The van der Waals surface area contributed by atoms with Gasteiger partial charge in [-0.3, -0.25) is 19.2 Å². The Morgan fingerprint density at radius 2 is 1.88 bits per heavy atom. The van der Waals surface area contributed by atoms with Crippen LogP contribution in [0.5, 0.6) is 5.75 Å². The molecule has 178 valence electrons. The zero-order chi connectivity index (χ0) is 24.3. The van der Waals surface area contributed by atoms with Crippen molar-refractivity contribution in [1.29, 1.82) is 0 Å². The SMILES string of the molecule is CC(C)[C@@H](Nc1c(Nc2cccc(C(=O)N(C)C)c2O)c(=O)c1=O)C(=O)NCC1CCCO1. The molecule has 0 saturated carbocycles. The predicted molar refractivity (Wildman–Crippen MR) is 125 cm³/mol. The minimum absolute atomic E-state index is 0.0229. The number of phenols is 1. The average molecular weight is 459 g/mol. The van der Waals surface area contributed by atoms with E-state index >= 15 is 0 Å². The molecule has 0 aromatic heterocycles. The van der Waals surface area contributed by atoms with Crippen molar-refractivity contribution in [3.8, 4) is 5.75 Å². The summed E-state index contributed by atoms with van der Waals surface area (Å²) >= 11 is 0. The minimum atomic E-state index is -0.775. The maximum atomic E-state index is 12.8. The monoisotopic (exact) mass is 458 g/mol. The molecule has 10 heteroatoms. The van der Waals surface area contributed by atoms with Gasteiger partial charge in [-0.2, -0.15) is 0 Å². The van der Waals surface area contributed by atoms with E-state index in [9.17, 15) is 24.3 Å². The number of phenolic OH excluding ortho intramolecular Hbond substituents is 1. The molecule has 4 N–H and O–H groups in total. The molecule has 1 aliphatic heterocycles. The lowest BCUT2D eigenvalue weighted by Gasteiger charge is -2.25. The van der Waals surface area contributed by atoms with Crippen LogP contribution in [-0.4, -0.2) is 61.2 Å². The number of amides is 2. The molecule has 0 radical (unpaired) electrons. The Labute approximate surface area is 191 Å². The summed E-state index contributed by atoms with van der Waals surface area (Å²) in [5.74, 6) is -1.24. The summed E-state index contributed by atoms with van der Waals surface area (Å²) < 4.78 is 5.52. The topological polar surface area (TPSA) is 137 Å². The fraction of sp³-hybridized carbons (Fsp3) is 0.478. The first-order valence-electron chi connectivity index (χ1n) is 10.9. The van der Waals surface area contributed by atoms with Crippen molar-refractivity contribution in [2.45, 2.75) is 38.8 Å². The average Bonchev–Trinajstić information content (AvgIpc) is 3.30. The second-order valence-electron chi connectivity index (χ2n) is 8.68. The van der Waals surface area contributed by atoms with Crippen molar-refractivity contribution in [2.75, 3.05) is 37.9 Å². The summed E-state index contributed by atoms with van der Waals surface area (Å²) in [6.07, 6.45) is 1.81. The van der Waals surface area contributed by atoms with E-state index in [4.69, 9.17) is 4.74 Å². The largest absolute Gasteiger partial charge is 0.505 e. The number of aromatic hydroxyl groups is 1. The van der Waals surface area contributed by atoms with Gasteiger partial charge in [-0.15, -0.1) is 0 Å². The highest BCUT2D eigenvalue weighted by Gasteiger charge is 2.30. The third-order valence-electron chi connectivity index (χ3n) is 5.62. The second-order valence-corrected chi connectivity index (χ2v) is 8.68. The van der Waals surface area contributed by atoms with Crippen molar-refractivity contribution < 1.29 is 19.4 Å². The molecule has 10 nitrogen and oxygen atoms in total. The van der Waals surface area contributed by atoms with Gasteiger partial charge in [0.15, 0.2) is 5.75 Å². The molecule has 0 aliphatic carbocycles. The lowest BCUT2D eigenvalue weighted by atomic mass is 10.0. The summed E-state index contributed by atoms with van der Waals surface area (Å²) in [4.78, 5) is 50.9. The van der Waals surface area contributed by atoms with Crippen molar-refractivity contribution in [3.05, 3.63) is 44.2 Å². The predicted octanol–water partition coefficient (Wildman–Crippen LogP) is 1.17. The molecule has 1 unspecified atom stereocenters. The lowest BCUT2D eigenvalue weighted by Crippen LogP contribution is -2.48. The smallest absolute Gasteiger partial charge is 0.257 e. The van der Waals surface area contributed by atoms with Crippen LogP contribution < -0.4 is 26.8 Å². The number of ether oxygens (including phenoxy) is 1. The Morgan fingerprint density at radius 3 is 2.48 bits per heavy atom. The van der Waals surface area contributed by atoms with E-state index in [2.05, 4.69) is 16.0 Å². The Morgan fingerprint density at radius 1 is 1.18 bits per heavy atom. The molecular weight excluding hydrogens is 428 g/mol. The fourth-order valence-corrected chi connectivity index (χ4v) is 3.66. The van der Waals surface area contributed by atoms with Crippen LogP contribution in [-0.2, 0) is 9.53 Å². The van der Waals surface area contributed by atoms with Crippen molar-refractivity contribution in [1.82, 2.24) is 10.2 Å². The van der Waals surface area contributed by atoms with E-state index in [0.717, 1.165) is 12.8 Å². The molecule has 3 rings (SSSR count). The highest BCUT2D eigenvalue weighted by molar-refractivity contribution is 5.99. The number of hydrogen-bond acceptors (Lipinski definition) is 8. The van der Waals surface area contributed by atoms with E-state index in [1.165, 1.54) is 17.0 Å². The molecule has 1 heterocycles. The van der Waals surface area contributed by atoms with Crippen LogP contribution in [0.1, 0.15) is 37.0 Å². The summed E-state index contributed by atoms with van der Waals surface area (Å²) in [7, 11) is 3.10. The van der Waals surface area contributed by atoms with Gasteiger partial charge in [-0.1, -0.05) is 19.9 Å². The van der Waals surface area contributed by atoms with Crippen LogP contribution in [0.25, 0.3) is 0 Å². The van der Waals surface area contributed by atoms with Gasteiger partial charge in [0.05, 0.1) is 17.4 Å². The number of para-hydroxylation sites is 1. The standard InChI is InChI=1S/C23H30N4O6/c1-12(2)16(22(31)24-11-13-7-6-10-33-13)26-18-17(20(29)21(18)30)25-15-9-5-8-14(19(15)28)23(32)27(3)4/h5,8-9,12-13,16,25-26,28H,6-7,10-11H2,1-4H3,(H,24,31)/t13?,16-/m1/s1. The van der Waals surface area contributed by atoms with E-state index in [1.807, 2.05) is 13.8 Å². The number of nitrogens with one attached hydrogen (secondary N) is 3. The number of carbonyl (C=O) groups excluding carboxylic acids is 2. The van der Waals surface area contributed by atoms with E-state index in [1.54, 1.807) is 20.2 Å². The molecule has 1 aliphatic rings. The number of nitrogens with zero attached hydrogens (tertiary/aromatic N) is 1. The minimum Gasteiger partial charge on any atom is -0.505 e. The van der Waals surface area contributed by atoms with Gasteiger partial charge in [0.25, 0.3) is 16.8 Å². The second kappa shape index (κ2) is 10.0. The zero-order valence-electron chi connectivity index (χ0n) is 19.2. The zero-order valence-corrected chi connectivity index (χ0v) is 19.2. The molecule has 33 heavy (non-hydrogen) atoms. The summed E-state index contributed by atoms with van der Waals surface area (Å²) in [5, 5.41) is 19.0. The molecule has 2 amide bonds. The first kappa shape index (κ1) is 24.2. The molecule has 1 fully saturated rings. The molecule has 1 saturated heterocycles. The normalized spacial score (nSPS) is 16.6. The number of carbonyl (C=O) groups is 2. The Bertz CT molecular complexity index is 1100. The maximum absolute atomic E-state index is 12.8. The number of hydrogen-bond donors (Lipinski definition) is 4. The fourth-order valence-electron chi connectivity index (χ4n) is 3.66. The quantitative estimate of drug-likeness (QED) is 0.325. The van der Waals surface area contributed by atoms with Gasteiger partial charge in [0.2, 0.25) is 5.91 Å². The van der Waals surface area contributed by atoms with Gasteiger partial charge < -0.3 is 30.7 Å². The van der Waals surface area contributed by atoms with Crippen LogP contribution >= 0.6 is 0 Å². The van der Waals surface area contributed by atoms with Gasteiger partial charge in [0, 0.05) is 27.2 Å². The van der Waals surface area contributed by atoms with Crippen molar-refractivity contribution >= 4 is 28.9 Å². The number of rotatable bonds is 9. The lowest BCUT2D eigenvalue weighted by molar-refractivity contribution is -0.123. The first-order valence-corrected chi connectivity index (χ1v) is 10.9. The summed E-state index contributed by atoms with van der Waals surface area (Å²) in [5.41, 5.74) is -1.48. The van der Waals surface area contributed by atoms with Gasteiger partial charge in [-0.05, 0) is 30.9 Å². The van der Waals surface area contributed by atoms with Crippen LogP contribution in [0.2, 0.25) is 0 Å². The Hall–Kier alpha value is -3.40. The summed E-state index contributed by atoms with van der Waals surface area (Å²) in [6.45, 7) is 4.70. The van der Waals surface area contributed by atoms with Crippen LogP contribution in [0.3, 0.4) is 0 Å². The molecular formula is C23H30N4O6.